The molecule has 158 valence electrons. The standard InChI is InChI=1S/C20H19F3N4O3/c1-2-29-19(28)18-12-17(26-27(18)10-8-24)14-7-9-25-16(11-14)13-3-5-15(6-4-13)30-20(21,22)23/h3-7,9,11-12H,2,8,10,24H2,1H3. The highest BCUT2D eigenvalue weighted by Crippen LogP contribution is 2.28. The number of benzene rings is 1. The minimum absolute atomic E-state index is 0.232. The summed E-state index contributed by atoms with van der Waals surface area (Å²) in [7, 11) is 0. The van der Waals surface area contributed by atoms with Gasteiger partial charge in [-0.15, -0.1) is 13.2 Å². The fourth-order valence-corrected chi connectivity index (χ4v) is 2.80. The Kier molecular flexibility index (Phi) is 6.36. The second-order valence-electron chi connectivity index (χ2n) is 6.15. The zero-order chi connectivity index (χ0) is 21.7. The van der Waals surface area contributed by atoms with Gasteiger partial charge in [0.05, 0.1) is 24.5 Å². The quantitative estimate of drug-likeness (QED) is 0.587. The summed E-state index contributed by atoms with van der Waals surface area (Å²) in [5, 5.41) is 4.43. The van der Waals surface area contributed by atoms with Gasteiger partial charge in [0.2, 0.25) is 0 Å². The summed E-state index contributed by atoms with van der Waals surface area (Å²) in [5.41, 5.74) is 8.20. The number of nitrogens with zero attached hydrogens (tertiary/aromatic N) is 3. The van der Waals surface area contributed by atoms with Crippen molar-refractivity contribution in [2.45, 2.75) is 19.8 Å². The van der Waals surface area contributed by atoms with E-state index in [1.165, 1.54) is 28.9 Å². The van der Waals surface area contributed by atoms with Gasteiger partial charge in [0.25, 0.3) is 0 Å². The largest absolute Gasteiger partial charge is 0.573 e. The van der Waals surface area contributed by atoms with E-state index in [9.17, 15) is 18.0 Å². The summed E-state index contributed by atoms with van der Waals surface area (Å²) in [6, 6.07) is 10.4. The molecule has 0 amide bonds. The molecule has 7 nitrogen and oxygen atoms in total. The zero-order valence-corrected chi connectivity index (χ0v) is 16.0. The Bertz CT molecular complexity index is 1020. The van der Waals surface area contributed by atoms with Gasteiger partial charge in [-0.25, -0.2) is 4.79 Å². The molecule has 0 aliphatic rings. The lowest BCUT2D eigenvalue weighted by molar-refractivity contribution is -0.274. The molecule has 0 radical (unpaired) electrons. The highest BCUT2D eigenvalue weighted by molar-refractivity contribution is 5.89. The average molecular weight is 420 g/mol. The Balaban J connectivity index is 1.90. The Labute approximate surface area is 170 Å². The van der Waals surface area contributed by atoms with Crippen LogP contribution in [0.5, 0.6) is 5.75 Å². The van der Waals surface area contributed by atoms with Crippen molar-refractivity contribution in [3.63, 3.8) is 0 Å². The van der Waals surface area contributed by atoms with E-state index in [4.69, 9.17) is 10.5 Å². The van der Waals surface area contributed by atoms with E-state index < -0.39 is 12.3 Å². The summed E-state index contributed by atoms with van der Waals surface area (Å²) >= 11 is 0. The van der Waals surface area contributed by atoms with Crippen LogP contribution in [0.4, 0.5) is 13.2 Å². The van der Waals surface area contributed by atoms with Crippen LogP contribution >= 0.6 is 0 Å². The van der Waals surface area contributed by atoms with Crippen molar-refractivity contribution in [1.82, 2.24) is 14.8 Å². The Morgan fingerprint density at radius 3 is 2.47 bits per heavy atom. The first kappa shape index (κ1) is 21.3. The second-order valence-corrected chi connectivity index (χ2v) is 6.15. The maximum absolute atomic E-state index is 12.3. The fourth-order valence-electron chi connectivity index (χ4n) is 2.80. The lowest BCUT2D eigenvalue weighted by Crippen LogP contribution is -2.17. The summed E-state index contributed by atoms with van der Waals surface area (Å²) in [4.78, 5) is 16.4. The smallest absolute Gasteiger partial charge is 0.461 e. The van der Waals surface area contributed by atoms with Crippen LogP contribution in [0.2, 0.25) is 0 Å². The number of hydrogen-bond donors (Lipinski definition) is 1. The third-order valence-corrected chi connectivity index (χ3v) is 4.04. The first-order valence-electron chi connectivity index (χ1n) is 9.08. The van der Waals surface area contributed by atoms with Crippen LogP contribution in [-0.2, 0) is 11.3 Å². The molecule has 0 spiro atoms. The highest BCUT2D eigenvalue weighted by atomic mass is 19.4. The first-order chi connectivity index (χ1) is 14.3. The van der Waals surface area contributed by atoms with E-state index in [0.29, 0.717) is 35.6 Å². The summed E-state index contributed by atoms with van der Waals surface area (Å²) < 4.78 is 47.4. The number of alkyl halides is 3. The van der Waals surface area contributed by atoms with Crippen molar-refractivity contribution in [1.29, 1.82) is 0 Å². The molecule has 2 aromatic heterocycles. The number of carbonyl (C=O) groups excluding carboxylic acids is 1. The molecule has 0 atom stereocenters. The Morgan fingerprint density at radius 1 is 1.10 bits per heavy atom. The van der Waals surface area contributed by atoms with Gasteiger partial charge in [0.15, 0.2) is 0 Å². The molecule has 0 aliphatic heterocycles. The molecule has 2 N–H and O–H groups in total. The van der Waals surface area contributed by atoms with Crippen molar-refractivity contribution in [3.8, 4) is 28.3 Å². The van der Waals surface area contributed by atoms with E-state index in [1.54, 1.807) is 31.3 Å². The summed E-state index contributed by atoms with van der Waals surface area (Å²) in [6.07, 6.45) is -3.20. The predicted octanol–water partition coefficient (Wildman–Crippen LogP) is 3.65. The number of ether oxygens (including phenoxy) is 2. The molecular weight excluding hydrogens is 401 g/mol. The average Bonchev–Trinajstić information content (AvgIpc) is 3.12. The second kappa shape index (κ2) is 8.95. The normalized spacial score (nSPS) is 11.4. The molecule has 3 aromatic rings. The number of carbonyl (C=O) groups is 1. The molecule has 3 rings (SSSR count). The number of nitrogens with two attached hydrogens (primary N) is 1. The van der Waals surface area contributed by atoms with Gasteiger partial charge in [0.1, 0.15) is 11.4 Å². The minimum atomic E-state index is -4.75. The minimum Gasteiger partial charge on any atom is -0.461 e. The van der Waals surface area contributed by atoms with Gasteiger partial charge in [-0.1, -0.05) is 0 Å². The molecule has 0 bridgehead atoms. The molecule has 2 heterocycles. The third kappa shape index (κ3) is 5.15. The zero-order valence-electron chi connectivity index (χ0n) is 16.0. The van der Waals surface area contributed by atoms with E-state index in [-0.39, 0.29) is 18.1 Å². The number of esters is 1. The lowest BCUT2D eigenvalue weighted by atomic mass is 10.1. The third-order valence-electron chi connectivity index (χ3n) is 4.04. The van der Waals surface area contributed by atoms with Crippen LogP contribution in [0.1, 0.15) is 17.4 Å². The van der Waals surface area contributed by atoms with Gasteiger partial charge in [-0.05, 0) is 49.4 Å². The van der Waals surface area contributed by atoms with E-state index >= 15 is 0 Å². The van der Waals surface area contributed by atoms with Gasteiger partial charge in [-0.2, -0.15) is 5.10 Å². The van der Waals surface area contributed by atoms with E-state index in [1.807, 2.05) is 0 Å². The molecule has 0 aliphatic carbocycles. The maximum Gasteiger partial charge on any atom is 0.573 e. The van der Waals surface area contributed by atoms with Gasteiger partial charge >= 0.3 is 12.3 Å². The van der Waals surface area contributed by atoms with Gasteiger partial charge in [-0.3, -0.25) is 9.67 Å². The van der Waals surface area contributed by atoms with Crippen LogP contribution in [0.15, 0.2) is 48.7 Å². The van der Waals surface area contributed by atoms with Gasteiger partial charge < -0.3 is 15.2 Å². The van der Waals surface area contributed by atoms with Crippen LogP contribution in [0.3, 0.4) is 0 Å². The highest BCUT2D eigenvalue weighted by Gasteiger charge is 2.31. The SMILES string of the molecule is CCOC(=O)c1cc(-c2ccnc(-c3ccc(OC(F)(F)F)cc3)c2)nn1CCN. The molecule has 0 saturated heterocycles. The van der Waals surface area contributed by atoms with E-state index in [0.717, 1.165) is 0 Å². The van der Waals surface area contributed by atoms with Crippen molar-refractivity contribution in [3.05, 3.63) is 54.4 Å². The first-order valence-corrected chi connectivity index (χ1v) is 9.08. The molecule has 10 heteroatoms. The topological polar surface area (TPSA) is 92.3 Å². The molecular formula is C20H19F3N4O3. The maximum atomic E-state index is 12.3. The van der Waals surface area contributed by atoms with Crippen LogP contribution < -0.4 is 10.5 Å². The molecule has 30 heavy (non-hydrogen) atoms. The van der Waals surface area contributed by atoms with E-state index in [2.05, 4.69) is 14.8 Å². The molecule has 0 saturated carbocycles. The van der Waals surface area contributed by atoms with Crippen LogP contribution in [-0.4, -0.2) is 40.2 Å². The molecule has 0 unspecified atom stereocenters. The molecule has 0 fully saturated rings. The number of pyridine rings is 1. The number of hydrogen-bond acceptors (Lipinski definition) is 6. The van der Waals surface area contributed by atoms with Crippen molar-refractivity contribution in [2.75, 3.05) is 13.2 Å². The van der Waals surface area contributed by atoms with Crippen molar-refractivity contribution >= 4 is 5.97 Å². The van der Waals surface area contributed by atoms with Crippen molar-refractivity contribution in [2.24, 2.45) is 5.73 Å². The lowest BCUT2D eigenvalue weighted by Gasteiger charge is -2.09. The monoisotopic (exact) mass is 420 g/mol. The summed E-state index contributed by atoms with van der Waals surface area (Å²) in [6.45, 7) is 2.58. The Hall–Kier alpha value is -3.40. The van der Waals surface area contributed by atoms with Gasteiger partial charge in [0, 0.05) is 23.9 Å². The Morgan fingerprint density at radius 2 is 1.83 bits per heavy atom. The van der Waals surface area contributed by atoms with Crippen molar-refractivity contribution < 1.29 is 27.4 Å². The molecule has 1 aromatic carbocycles. The number of aromatic nitrogens is 3. The number of rotatable bonds is 7. The van der Waals surface area contributed by atoms with Crippen LogP contribution in [0, 0.1) is 0 Å². The van der Waals surface area contributed by atoms with Crippen LogP contribution in [0.25, 0.3) is 22.5 Å². The predicted molar refractivity (Wildman–Crippen MR) is 103 cm³/mol. The fraction of sp³-hybridized carbons (Fsp3) is 0.250. The summed E-state index contributed by atoms with van der Waals surface area (Å²) in [5.74, 6) is -0.818. The number of halogens is 3.